The van der Waals surface area contributed by atoms with Crippen molar-refractivity contribution in [2.24, 2.45) is 5.73 Å². The van der Waals surface area contributed by atoms with Crippen molar-refractivity contribution in [2.45, 2.75) is 13.3 Å². The smallest absolute Gasteiger partial charge is 0.164 e. The Morgan fingerprint density at radius 3 is 1.85 bits per heavy atom. The fourth-order valence-electron chi connectivity index (χ4n) is 8.78. The lowest BCUT2D eigenvalue weighted by Gasteiger charge is -2.14. The van der Waals surface area contributed by atoms with Gasteiger partial charge in [-0.1, -0.05) is 139 Å². The van der Waals surface area contributed by atoms with Gasteiger partial charge in [0.15, 0.2) is 17.5 Å². The fraction of sp³-hybridized carbons (Fsp3) is 0.0364. The Labute approximate surface area is 354 Å². The first-order chi connectivity index (χ1) is 30.1. The maximum absolute atomic E-state index is 5.70. The molecule has 61 heavy (non-hydrogen) atoms. The van der Waals surface area contributed by atoms with Crippen molar-refractivity contribution in [2.75, 3.05) is 0 Å². The average Bonchev–Trinajstić information content (AvgIpc) is 3.83. The first-order valence-corrected chi connectivity index (χ1v) is 20.6. The van der Waals surface area contributed by atoms with Gasteiger partial charge in [0.2, 0.25) is 0 Å². The standard InChI is InChI=1S/C55H40N6/c1-36-21-26-43(27-22-36)60-50-29-23-37(12-11-31-56)32-47(50)46-28-24-41(35-52(46)60)40-25-30-51-48(34-40)45-19-8-9-20-49(45)61(51)44-18-10-17-42(33-44)55-58-53(38-13-4-2-5-14-38)57-54(59-55)39-15-6-3-7-16-39/h2-31,33-35H,32,56H2,1H3/b31-11-,37-12-. The molecule has 1 aliphatic rings. The van der Waals surface area contributed by atoms with Crippen LogP contribution in [0.1, 0.15) is 16.8 Å². The number of benzene rings is 7. The predicted molar refractivity (Wildman–Crippen MR) is 252 cm³/mol. The third-order valence-electron chi connectivity index (χ3n) is 11.7. The van der Waals surface area contributed by atoms with Crippen LogP contribution < -0.4 is 5.73 Å². The van der Waals surface area contributed by atoms with Crippen LogP contribution in [0.15, 0.2) is 200 Å². The van der Waals surface area contributed by atoms with Gasteiger partial charge in [0.25, 0.3) is 0 Å². The zero-order valence-corrected chi connectivity index (χ0v) is 33.6. The van der Waals surface area contributed by atoms with Crippen LogP contribution in [0, 0.1) is 6.92 Å². The van der Waals surface area contributed by atoms with E-state index in [9.17, 15) is 0 Å². The highest BCUT2D eigenvalue weighted by molar-refractivity contribution is 6.10. The highest BCUT2D eigenvalue weighted by Gasteiger charge is 2.22. The largest absolute Gasteiger partial charge is 0.405 e. The molecule has 0 radical (unpaired) electrons. The first-order valence-electron chi connectivity index (χ1n) is 20.6. The molecule has 0 fully saturated rings. The average molecular weight is 785 g/mol. The normalized spacial score (nSPS) is 13.2. The summed E-state index contributed by atoms with van der Waals surface area (Å²) in [5, 5.41) is 3.64. The van der Waals surface area contributed by atoms with Crippen LogP contribution in [0.3, 0.4) is 0 Å². The minimum Gasteiger partial charge on any atom is -0.405 e. The van der Waals surface area contributed by atoms with Gasteiger partial charge in [0.05, 0.1) is 22.2 Å². The summed E-state index contributed by atoms with van der Waals surface area (Å²) in [4.78, 5) is 15.0. The van der Waals surface area contributed by atoms with Gasteiger partial charge in [-0.05, 0) is 96.1 Å². The number of nitrogens with two attached hydrogens (primary N) is 1. The summed E-state index contributed by atoms with van der Waals surface area (Å²) in [5.74, 6) is 1.91. The van der Waals surface area contributed by atoms with E-state index in [-0.39, 0.29) is 0 Å². The van der Waals surface area contributed by atoms with E-state index < -0.39 is 0 Å². The third kappa shape index (κ3) is 6.42. The topological polar surface area (TPSA) is 74.5 Å². The van der Waals surface area contributed by atoms with E-state index in [2.05, 4.69) is 143 Å². The SMILES string of the molecule is Cc1ccc(-n2c3c(c4ccc(-c5ccc6c(c5)c5ccccc5n6-c5cccc(-c6nc(-c7ccccc7)nc(-c7ccccc7)n6)c5)cc42)C/C(=C\C=C/N)C=C3)cc1. The highest BCUT2D eigenvalue weighted by atomic mass is 15.0. The second kappa shape index (κ2) is 14.9. The van der Waals surface area contributed by atoms with Crippen LogP contribution in [0.25, 0.3) is 95.5 Å². The van der Waals surface area contributed by atoms with Crippen molar-refractivity contribution in [1.29, 1.82) is 0 Å². The Morgan fingerprint density at radius 2 is 1.11 bits per heavy atom. The molecule has 6 heteroatoms. The molecule has 290 valence electrons. The van der Waals surface area contributed by atoms with Crippen LogP contribution in [0.5, 0.6) is 0 Å². The second-order valence-corrected chi connectivity index (χ2v) is 15.6. The maximum Gasteiger partial charge on any atom is 0.164 e. The Morgan fingerprint density at radius 1 is 0.475 bits per heavy atom. The van der Waals surface area contributed by atoms with Gasteiger partial charge in [-0.2, -0.15) is 0 Å². The van der Waals surface area contributed by atoms with Crippen molar-refractivity contribution in [1.82, 2.24) is 24.1 Å². The lowest BCUT2D eigenvalue weighted by Crippen LogP contribution is -2.01. The molecule has 6 nitrogen and oxygen atoms in total. The number of allylic oxidation sites excluding steroid dienone is 4. The van der Waals surface area contributed by atoms with Gasteiger partial charge < -0.3 is 14.9 Å². The lowest BCUT2D eigenvalue weighted by molar-refractivity contribution is 1.06. The number of hydrogen-bond acceptors (Lipinski definition) is 4. The van der Waals surface area contributed by atoms with Gasteiger partial charge in [-0.25, -0.2) is 15.0 Å². The Kier molecular flexibility index (Phi) is 8.82. The number of aromatic nitrogens is 5. The third-order valence-corrected chi connectivity index (χ3v) is 11.7. The summed E-state index contributed by atoms with van der Waals surface area (Å²) >= 11 is 0. The number of nitrogens with zero attached hydrogens (tertiary/aromatic N) is 5. The Balaban J connectivity index is 1.04. The summed E-state index contributed by atoms with van der Waals surface area (Å²) in [6, 6.07) is 60.0. The van der Waals surface area contributed by atoms with Gasteiger partial charge in [0.1, 0.15) is 0 Å². The molecule has 3 aromatic heterocycles. The number of fused-ring (bicyclic) bond motifs is 6. The Hall–Kier alpha value is -8.09. The summed E-state index contributed by atoms with van der Waals surface area (Å²) in [7, 11) is 0. The van der Waals surface area contributed by atoms with E-state index in [1.54, 1.807) is 6.20 Å². The molecular formula is C55H40N6. The molecule has 0 unspecified atom stereocenters. The number of rotatable bonds is 7. The highest BCUT2D eigenvalue weighted by Crippen LogP contribution is 2.40. The van der Waals surface area contributed by atoms with Crippen LogP contribution in [0.4, 0.5) is 0 Å². The van der Waals surface area contributed by atoms with Crippen LogP contribution in [-0.2, 0) is 6.42 Å². The van der Waals surface area contributed by atoms with Crippen molar-refractivity contribution in [3.05, 3.63) is 217 Å². The van der Waals surface area contributed by atoms with E-state index in [1.165, 1.54) is 49.6 Å². The van der Waals surface area contributed by atoms with Crippen molar-refractivity contribution < 1.29 is 0 Å². The zero-order chi connectivity index (χ0) is 40.9. The van der Waals surface area contributed by atoms with Gasteiger partial charge >= 0.3 is 0 Å². The molecule has 0 amide bonds. The van der Waals surface area contributed by atoms with Crippen LogP contribution >= 0.6 is 0 Å². The molecule has 2 N–H and O–H groups in total. The molecule has 0 saturated carbocycles. The monoisotopic (exact) mass is 784 g/mol. The predicted octanol–water partition coefficient (Wildman–Crippen LogP) is 12.9. The maximum atomic E-state index is 5.70. The minimum atomic E-state index is 0.625. The molecule has 11 rings (SSSR count). The summed E-state index contributed by atoms with van der Waals surface area (Å²) in [5.41, 5.74) is 21.5. The molecule has 3 heterocycles. The molecule has 0 spiro atoms. The summed E-state index contributed by atoms with van der Waals surface area (Å²) < 4.78 is 4.77. The van der Waals surface area contributed by atoms with Crippen molar-refractivity contribution >= 4 is 38.8 Å². The summed E-state index contributed by atoms with van der Waals surface area (Å²) in [6.45, 7) is 2.13. The van der Waals surface area contributed by atoms with Crippen molar-refractivity contribution in [3.8, 4) is 56.7 Å². The number of aryl methyl sites for hydroxylation is 1. The van der Waals surface area contributed by atoms with E-state index in [0.717, 1.165) is 51.1 Å². The van der Waals surface area contributed by atoms with E-state index in [1.807, 2.05) is 66.7 Å². The van der Waals surface area contributed by atoms with Gasteiger partial charge in [-0.3, -0.25) is 0 Å². The van der Waals surface area contributed by atoms with Gasteiger partial charge in [0, 0.05) is 50.6 Å². The van der Waals surface area contributed by atoms with Crippen molar-refractivity contribution in [3.63, 3.8) is 0 Å². The summed E-state index contributed by atoms with van der Waals surface area (Å²) in [6.07, 6.45) is 10.9. The molecule has 10 aromatic rings. The molecule has 0 atom stereocenters. The number of hydrogen-bond donors (Lipinski definition) is 1. The molecule has 0 bridgehead atoms. The molecular weight excluding hydrogens is 745 g/mol. The zero-order valence-electron chi connectivity index (χ0n) is 33.6. The molecule has 7 aromatic carbocycles. The Bertz CT molecular complexity index is 3330. The first kappa shape index (κ1) is 36.0. The molecule has 1 aliphatic carbocycles. The molecule has 0 aliphatic heterocycles. The van der Waals surface area contributed by atoms with E-state index >= 15 is 0 Å². The van der Waals surface area contributed by atoms with Crippen LogP contribution in [-0.4, -0.2) is 24.1 Å². The van der Waals surface area contributed by atoms with E-state index in [4.69, 9.17) is 20.7 Å². The molecule has 0 saturated heterocycles. The second-order valence-electron chi connectivity index (χ2n) is 15.6. The lowest BCUT2D eigenvalue weighted by atomic mass is 9.95. The van der Waals surface area contributed by atoms with Gasteiger partial charge in [-0.15, -0.1) is 0 Å². The quantitative estimate of drug-likeness (QED) is 0.175. The van der Waals surface area contributed by atoms with E-state index in [0.29, 0.717) is 17.5 Å². The fourth-order valence-corrected chi connectivity index (χ4v) is 8.78. The number of para-hydroxylation sites is 1. The minimum absolute atomic E-state index is 0.625. The van der Waals surface area contributed by atoms with Crippen LogP contribution in [0.2, 0.25) is 0 Å².